The van der Waals surface area contributed by atoms with Gasteiger partial charge in [-0.25, -0.2) is 0 Å². The van der Waals surface area contributed by atoms with Crippen molar-refractivity contribution in [1.82, 2.24) is 10.2 Å². The number of nitrogens with zero attached hydrogens (tertiary/aromatic N) is 2. The zero-order valence-corrected chi connectivity index (χ0v) is 10.7. The highest BCUT2D eigenvalue weighted by atomic mass is 16.5. The molecule has 1 heterocycles. The van der Waals surface area contributed by atoms with Crippen molar-refractivity contribution in [1.29, 1.82) is 0 Å². The molecule has 0 amide bonds. The van der Waals surface area contributed by atoms with Crippen LogP contribution in [0.15, 0.2) is 46.9 Å². The summed E-state index contributed by atoms with van der Waals surface area (Å²) in [7, 11) is 1.64. The monoisotopic (exact) mass is 254 g/mol. The van der Waals surface area contributed by atoms with Crippen LogP contribution in [-0.2, 0) is 0 Å². The second-order valence-electron chi connectivity index (χ2n) is 4.30. The zero-order valence-electron chi connectivity index (χ0n) is 10.7. The molecule has 4 heteroatoms. The maximum absolute atomic E-state index is 5.72. The molecule has 0 unspecified atom stereocenters. The van der Waals surface area contributed by atoms with E-state index in [0.29, 0.717) is 11.8 Å². The predicted molar refractivity (Wildman–Crippen MR) is 72.6 cm³/mol. The van der Waals surface area contributed by atoms with Crippen molar-refractivity contribution in [3.63, 3.8) is 0 Å². The summed E-state index contributed by atoms with van der Waals surface area (Å²) in [6, 6.07) is 7.57. The standard InChI is InChI=1S/C15H14N2O2/c1-18-13-9-7-12(8-10-13)15-17-16-14(19-15)11-5-3-2-4-6-11/h2-3,5,7-10H,4,6H2,1H3. The molecule has 0 radical (unpaired) electrons. The molecule has 96 valence electrons. The van der Waals surface area contributed by atoms with Crippen molar-refractivity contribution >= 4 is 5.57 Å². The lowest BCUT2D eigenvalue weighted by atomic mass is 10.1. The maximum Gasteiger partial charge on any atom is 0.248 e. The number of allylic oxidation sites excluding steroid dienone is 4. The number of aromatic nitrogens is 2. The Balaban J connectivity index is 1.87. The number of methoxy groups -OCH3 is 1. The summed E-state index contributed by atoms with van der Waals surface area (Å²) >= 11 is 0. The summed E-state index contributed by atoms with van der Waals surface area (Å²) in [5, 5.41) is 8.20. The Bertz CT molecular complexity index is 624. The Hall–Kier alpha value is -2.36. The van der Waals surface area contributed by atoms with Gasteiger partial charge >= 0.3 is 0 Å². The molecule has 0 aliphatic heterocycles. The van der Waals surface area contributed by atoms with Crippen LogP contribution >= 0.6 is 0 Å². The van der Waals surface area contributed by atoms with Crippen LogP contribution in [0, 0.1) is 0 Å². The molecule has 1 aromatic heterocycles. The molecule has 0 spiro atoms. The van der Waals surface area contributed by atoms with Gasteiger partial charge in [-0.3, -0.25) is 0 Å². The second kappa shape index (κ2) is 5.10. The molecule has 0 saturated carbocycles. The third kappa shape index (κ3) is 2.42. The van der Waals surface area contributed by atoms with E-state index in [1.165, 1.54) is 0 Å². The van der Waals surface area contributed by atoms with Crippen LogP contribution in [0.3, 0.4) is 0 Å². The fourth-order valence-electron chi connectivity index (χ4n) is 1.98. The normalized spacial score (nSPS) is 14.3. The van der Waals surface area contributed by atoms with Crippen molar-refractivity contribution in [2.24, 2.45) is 0 Å². The molecule has 0 atom stereocenters. The maximum atomic E-state index is 5.72. The molecule has 3 rings (SSSR count). The molecule has 4 nitrogen and oxygen atoms in total. The first-order valence-electron chi connectivity index (χ1n) is 6.21. The van der Waals surface area contributed by atoms with Gasteiger partial charge in [-0.2, -0.15) is 0 Å². The Labute approximate surface area is 111 Å². The molecule has 0 fully saturated rings. The smallest absolute Gasteiger partial charge is 0.248 e. The minimum absolute atomic E-state index is 0.535. The molecule has 19 heavy (non-hydrogen) atoms. The van der Waals surface area contributed by atoms with Crippen molar-refractivity contribution in [3.05, 3.63) is 48.4 Å². The first-order chi connectivity index (χ1) is 9.36. The van der Waals surface area contributed by atoms with E-state index in [1.54, 1.807) is 7.11 Å². The van der Waals surface area contributed by atoms with Gasteiger partial charge < -0.3 is 9.15 Å². The van der Waals surface area contributed by atoms with Crippen molar-refractivity contribution in [2.45, 2.75) is 12.8 Å². The average molecular weight is 254 g/mol. The topological polar surface area (TPSA) is 48.2 Å². The van der Waals surface area contributed by atoms with Gasteiger partial charge in [0.1, 0.15) is 5.75 Å². The first kappa shape index (κ1) is 11.7. The molecule has 1 aromatic carbocycles. The molecular formula is C15H14N2O2. The Morgan fingerprint density at radius 3 is 2.58 bits per heavy atom. The van der Waals surface area contributed by atoms with Gasteiger partial charge in [0.25, 0.3) is 0 Å². The zero-order chi connectivity index (χ0) is 13.1. The van der Waals surface area contributed by atoms with E-state index >= 15 is 0 Å². The highest BCUT2D eigenvalue weighted by Gasteiger charge is 2.13. The van der Waals surface area contributed by atoms with Crippen molar-refractivity contribution in [2.75, 3.05) is 7.11 Å². The quantitative estimate of drug-likeness (QED) is 0.841. The van der Waals surface area contributed by atoms with E-state index in [2.05, 4.69) is 16.3 Å². The van der Waals surface area contributed by atoms with Crippen LogP contribution in [0.2, 0.25) is 0 Å². The van der Waals surface area contributed by atoms with Gasteiger partial charge in [-0.15, -0.1) is 10.2 Å². The predicted octanol–water partition coefficient (Wildman–Crippen LogP) is 3.48. The van der Waals surface area contributed by atoms with E-state index in [1.807, 2.05) is 36.4 Å². The van der Waals surface area contributed by atoms with E-state index < -0.39 is 0 Å². The fourth-order valence-corrected chi connectivity index (χ4v) is 1.98. The van der Waals surface area contributed by atoms with Gasteiger partial charge in [-0.05, 0) is 37.1 Å². The van der Waals surface area contributed by atoms with Gasteiger partial charge in [0, 0.05) is 11.1 Å². The van der Waals surface area contributed by atoms with Crippen LogP contribution in [0.4, 0.5) is 0 Å². The summed E-state index contributed by atoms with van der Waals surface area (Å²) in [4.78, 5) is 0. The average Bonchev–Trinajstić information content (AvgIpc) is 2.98. The number of hydrogen-bond acceptors (Lipinski definition) is 4. The number of rotatable bonds is 3. The molecular weight excluding hydrogens is 240 g/mol. The molecule has 0 bridgehead atoms. The van der Waals surface area contributed by atoms with E-state index in [4.69, 9.17) is 9.15 Å². The first-order valence-corrected chi connectivity index (χ1v) is 6.21. The second-order valence-corrected chi connectivity index (χ2v) is 4.30. The van der Waals surface area contributed by atoms with Crippen LogP contribution in [-0.4, -0.2) is 17.3 Å². The van der Waals surface area contributed by atoms with Gasteiger partial charge in [0.05, 0.1) is 7.11 Å². The number of ether oxygens (including phenoxy) is 1. The number of benzene rings is 1. The lowest BCUT2D eigenvalue weighted by Gasteiger charge is -2.03. The molecule has 0 N–H and O–H groups in total. The summed E-state index contributed by atoms with van der Waals surface area (Å²) in [5.41, 5.74) is 1.99. The SMILES string of the molecule is COc1ccc(-c2nnc(C3=CC=CCC3)o2)cc1. The third-order valence-corrected chi connectivity index (χ3v) is 3.05. The lowest BCUT2D eigenvalue weighted by molar-refractivity contribution is 0.415. The molecule has 0 saturated heterocycles. The summed E-state index contributed by atoms with van der Waals surface area (Å²) in [6.45, 7) is 0. The summed E-state index contributed by atoms with van der Waals surface area (Å²) in [6.07, 6.45) is 8.14. The van der Waals surface area contributed by atoms with E-state index in [9.17, 15) is 0 Å². The Morgan fingerprint density at radius 1 is 1.11 bits per heavy atom. The van der Waals surface area contributed by atoms with E-state index in [-0.39, 0.29) is 0 Å². The minimum Gasteiger partial charge on any atom is -0.497 e. The van der Waals surface area contributed by atoms with E-state index in [0.717, 1.165) is 29.7 Å². The molecule has 2 aromatic rings. The molecule has 1 aliphatic carbocycles. The van der Waals surface area contributed by atoms with Gasteiger partial charge in [0.15, 0.2) is 0 Å². The van der Waals surface area contributed by atoms with Crippen LogP contribution in [0.5, 0.6) is 5.75 Å². The Kier molecular flexibility index (Phi) is 3.14. The molecule has 1 aliphatic rings. The van der Waals surface area contributed by atoms with Crippen LogP contribution in [0.1, 0.15) is 18.7 Å². The van der Waals surface area contributed by atoms with Crippen LogP contribution < -0.4 is 4.74 Å². The summed E-state index contributed by atoms with van der Waals surface area (Å²) < 4.78 is 10.8. The van der Waals surface area contributed by atoms with Gasteiger partial charge in [0.2, 0.25) is 11.8 Å². The highest BCUT2D eigenvalue weighted by Crippen LogP contribution is 2.26. The largest absolute Gasteiger partial charge is 0.497 e. The lowest BCUT2D eigenvalue weighted by Crippen LogP contribution is -1.87. The minimum atomic E-state index is 0.535. The van der Waals surface area contributed by atoms with Crippen molar-refractivity contribution < 1.29 is 9.15 Å². The van der Waals surface area contributed by atoms with Gasteiger partial charge in [-0.1, -0.05) is 18.2 Å². The highest BCUT2D eigenvalue weighted by molar-refractivity contribution is 5.63. The summed E-state index contributed by atoms with van der Waals surface area (Å²) in [5.74, 6) is 1.95. The fraction of sp³-hybridized carbons (Fsp3) is 0.200. The number of hydrogen-bond donors (Lipinski definition) is 0. The third-order valence-electron chi connectivity index (χ3n) is 3.05. The Morgan fingerprint density at radius 2 is 1.89 bits per heavy atom. The van der Waals surface area contributed by atoms with Crippen LogP contribution in [0.25, 0.3) is 17.0 Å². The van der Waals surface area contributed by atoms with Crippen molar-refractivity contribution in [3.8, 4) is 17.2 Å².